The quantitative estimate of drug-likeness (QED) is 0.289. The minimum absolute atomic E-state index is 0.171. The summed E-state index contributed by atoms with van der Waals surface area (Å²) in [4.78, 5) is 10.5. The van der Waals surface area contributed by atoms with E-state index in [9.17, 15) is 10.1 Å². The van der Waals surface area contributed by atoms with E-state index in [1.54, 1.807) is 13.2 Å². The molecule has 0 saturated carbocycles. The Morgan fingerprint density at radius 3 is 2.75 bits per heavy atom. The third-order valence-electron chi connectivity index (χ3n) is 2.46. The zero-order valence-corrected chi connectivity index (χ0v) is 11.3. The van der Waals surface area contributed by atoms with E-state index in [0.29, 0.717) is 32.8 Å². The molecule has 1 aromatic carbocycles. The van der Waals surface area contributed by atoms with Crippen LogP contribution in [0, 0.1) is 10.1 Å². The monoisotopic (exact) mass is 285 g/mol. The molecule has 0 fully saturated rings. The van der Waals surface area contributed by atoms with Gasteiger partial charge in [-0.2, -0.15) is 0 Å². The molecule has 0 aliphatic heterocycles. The summed E-state index contributed by atoms with van der Waals surface area (Å²) < 4.78 is 15.5. The molecule has 20 heavy (non-hydrogen) atoms. The topological polar surface area (TPSA) is 109 Å². The third-order valence-corrected chi connectivity index (χ3v) is 2.46. The molecule has 0 saturated heterocycles. The van der Waals surface area contributed by atoms with E-state index in [-0.39, 0.29) is 17.1 Å². The van der Waals surface area contributed by atoms with Gasteiger partial charge in [0.15, 0.2) is 5.75 Å². The molecule has 0 radical (unpaired) electrons. The molecule has 0 unspecified atom stereocenters. The second-order valence-corrected chi connectivity index (χ2v) is 3.86. The van der Waals surface area contributed by atoms with Crippen molar-refractivity contribution in [3.8, 4) is 5.75 Å². The SMILES string of the molecule is COCCOCCCOc1cccc(NN)c1[N+](=O)[O-]. The Kier molecular flexibility index (Phi) is 7.33. The van der Waals surface area contributed by atoms with Gasteiger partial charge in [-0.1, -0.05) is 6.07 Å². The number of ether oxygens (including phenoxy) is 3. The fraction of sp³-hybridized carbons (Fsp3) is 0.500. The summed E-state index contributed by atoms with van der Waals surface area (Å²) in [6.07, 6.45) is 0.626. The van der Waals surface area contributed by atoms with Gasteiger partial charge in [0.2, 0.25) is 0 Å². The number of nitrogen functional groups attached to an aromatic ring is 1. The summed E-state index contributed by atoms with van der Waals surface area (Å²) in [7, 11) is 1.60. The number of nitrogens with one attached hydrogen (secondary N) is 1. The summed E-state index contributed by atoms with van der Waals surface area (Å²) in [5, 5.41) is 11.0. The summed E-state index contributed by atoms with van der Waals surface area (Å²) in [5.41, 5.74) is 2.32. The first-order valence-electron chi connectivity index (χ1n) is 6.14. The molecular weight excluding hydrogens is 266 g/mol. The minimum atomic E-state index is -0.528. The summed E-state index contributed by atoms with van der Waals surface area (Å²) >= 11 is 0. The Morgan fingerprint density at radius 1 is 1.30 bits per heavy atom. The molecule has 0 heterocycles. The van der Waals surface area contributed by atoms with Crippen molar-refractivity contribution in [2.75, 3.05) is 39.0 Å². The van der Waals surface area contributed by atoms with Crippen molar-refractivity contribution in [1.82, 2.24) is 0 Å². The zero-order chi connectivity index (χ0) is 14.8. The van der Waals surface area contributed by atoms with Crippen molar-refractivity contribution in [2.24, 2.45) is 5.84 Å². The standard InChI is InChI=1S/C12H19N3O5/c1-18-8-9-19-6-3-7-20-11-5-2-4-10(14-13)12(11)15(16)17/h2,4-5,14H,3,6-9,13H2,1H3. The second kappa shape index (κ2) is 9.08. The number of nitrogens with zero attached hydrogens (tertiary/aromatic N) is 1. The molecular formula is C12H19N3O5. The van der Waals surface area contributed by atoms with E-state index in [0.717, 1.165) is 0 Å². The first-order valence-corrected chi connectivity index (χ1v) is 6.14. The number of hydrogen-bond donors (Lipinski definition) is 2. The van der Waals surface area contributed by atoms with Crippen molar-refractivity contribution < 1.29 is 19.1 Å². The van der Waals surface area contributed by atoms with Gasteiger partial charge in [-0.3, -0.25) is 16.0 Å². The lowest BCUT2D eigenvalue weighted by Gasteiger charge is -2.09. The third kappa shape index (κ3) is 5.00. The van der Waals surface area contributed by atoms with E-state index in [2.05, 4.69) is 5.43 Å². The van der Waals surface area contributed by atoms with Crippen molar-refractivity contribution in [1.29, 1.82) is 0 Å². The maximum atomic E-state index is 11.0. The first kappa shape index (κ1) is 16.2. The molecule has 0 aromatic heterocycles. The van der Waals surface area contributed by atoms with Gasteiger partial charge in [0, 0.05) is 20.1 Å². The van der Waals surface area contributed by atoms with E-state index >= 15 is 0 Å². The average Bonchev–Trinajstić information content (AvgIpc) is 2.45. The van der Waals surface area contributed by atoms with Gasteiger partial charge in [0.1, 0.15) is 5.69 Å². The van der Waals surface area contributed by atoms with Crippen LogP contribution in [-0.4, -0.2) is 38.5 Å². The molecule has 8 heteroatoms. The maximum Gasteiger partial charge on any atom is 0.335 e. The van der Waals surface area contributed by atoms with Crippen LogP contribution in [0.1, 0.15) is 6.42 Å². The second-order valence-electron chi connectivity index (χ2n) is 3.86. The molecule has 0 aliphatic rings. The lowest BCUT2D eigenvalue weighted by atomic mass is 10.2. The van der Waals surface area contributed by atoms with Crippen LogP contribution in [0.3, 0.4) is 0 Å². The number of methoxy groups -OCH3 is 1. The van der Waals surface area contributed by atoms with Gasteiger partial charge >= 0.3 is 5.69 Å². The van der Waals surface area contributed by atoms with Crippen molar-refractivity contribution in [2.45, 2.75) is 6.42 Å². The molecule has 1 rings (SSSR count). The Hall–Kier alpha value is -1.90. The van der Waals surface area contributed by atoms with E-state index in [1.165, 1.54) is 12.1 Å². The normalized spacial score (nSPS) is 10.3. The summed E-state index contributed by atoms with van der Waals surface area (Å²) in [6.45, 7) is 1.88. The number of nitrogens with two attached hydrogens (primary N) is 1. The number of para-hydroxylation sites is 1. The van der Waals surface area contributed by atoms with Crippen LogP contribution in [-0.2, 0) is 9.47 Å². The highest BCUT2D eigenvalue weighted by atomic mass is 16.6. The van der Waals surface area contributed by atoms with Gasteiger partial charge in [-0.15, -0.1) is 0 Å². The minimum Gasteiger partial charge on any atom is -0.487 e. The Labute approximate surface area is 116 Å². The number of nitro benzene ring substituents is 1. The summed E-state index contributed by atoms with van der Waals surface area (Å²) in [5.74, 6) is 5.42. The number of hydrazine groups is 1. The average molecular weight is 285 g/mol. The van der Waals surface area contributed by atoms with Crippen LogP contribution < -0.4 is 16.0 Å². The predicted octanol–water partition coefficient (Wildman–Crippen LogP) is 1.31. The highest BCUT2D eigenvalue weighted by Crippen LogP contribution is 2.34. The molecule has 0 aliphatic carbocycles. The van der Waals surface area contributed by atoms with E-state index < -0.39 is 4.92 Å². The number of nitro groups is 1. The smallest absolute Gasteiger partial charge is 0.335 e. The van der Waals surface area contributed by atoms with Crippen molar-refractivity contribution in [3.05, 3.63) is 28.3 Å². The summed E-state index contributed by atoms with van der Waals surface area (Å²) in [6, 6.07) is 4.68. The van der Waals surface area contributed by atoms with Crippen LogP contribution in [0.5, 0.6) is 5.75 Å². The van der Waals surface area contributed by atoms with Gasteiger partial charge < -0.3 is 19.6 Å². The largest absolute Gasteiger partial charge is 0.487 e. The maximum absolute atomic E-state index is 11.0. The molecule has 8 nitrogen and oxygen atoms in total. The van der Waals surface area contributed by atoms with E-state index in [1.807, 2.05) is 0 Å². The molecule has 0 bridgehead atoms. The van der Waals surface area contributed by atoms with Gasteiger partial charge in [-0.05, 0) is 12.1 Å². The first-order chi connectivity index (χ1) is 9.70. The Bertz CT molecular complexity index is 428. The zero-order valence-electron chi connectivity index (χ0n) is 11.3. The molecule has 0 spiro atoms. The Balaban J connectivity index is 2.45. The van der Waals surface area contributed by atoms with Crippen molar-refractivity contribution >= 4 is 11.4 Å². The van der Waals surface area contributed by atoms with Crippen LogP contribution in [0.15, 0.2) is 18.2 Å². The van der Waals surface area contributed by atoms with Crippen LogP contribution in [0.2, 0.25) is 0 Å². The van der Waals surface area contributed by atoms with Gasteiger partial charge in [0.25, 0.3) is 0 Å². The fourth-order valence-electron chi connectivity index (χ4n) is 1.53. The van der Waals surface area contributed by atoms with Crippen molar-refractivity contribution in [3.63, 3.8) is 0 Å². The number of rotatable bonds is 10. The number of benzene rings is 1. The highest BCUT2D eigenvalue weighted by molar-refractivity contribution is 5.67. The molecule has 1 aromatic rings. The molecule has 3 N–H and O–H groups in total. The highest BCUT2D eigenvalue weighted by Gasteiger charge is 2.20. The Morgan fingerprint density at radius 2 is 2.10 bits per heavy atom. The molecule has 0 amide bonds. The predicted molar refractivity (Wildman–Crippen MR) is 73.7 cm³/mol. The molecule has 112 valence electrons. The number of hydrogen-bond acceptors (Lipinski definition) is 7. The fourth-order valence-corrected chi connectivity index (χ4v) is 1.53. The molecule has 0 atom stereocenters. The van der Waals surface area contributed by atoms with Crippen LogP contribution in [0.4, 0.5) is 11.4 Å². The van der Waals surface area contributed by atoms with Crippen LogP contribution in [0.25, 0.3) is 0 Å². The van der Waals surface area contributed by atoms with E-state index in [4.69, 9.17) is 20.1 Å². The lowest BCUT2D eigenvalue weighted by molar-refractivity contribution is -0.385. The van der Waals surface area contributed by atoms with Crippen LogP contribution >= 0.6 is 0 Å². The van der Waals surface area contributed by atoms with Gasteiger partial charge in [0.05, 0.1) is 24.7 Å². The van der Waals surface area contributed by atoms with Gasteiger partial charge in [-0.25, -0.2) is 0 Å². The lowest BCUT2D eigenvalue weighted by Crippen LogP contribution is -2.11. The number of anilines is 1.